The summed E-state index contributed by atoms with van der Waals surface area (Å²) in [6.07, 6.45) is 7.32. The Morgan fingerprint density at radius 2 is 1.76 bits per heavy atom. The third kappa shape index (κ3) is 5.19. The fraction of sp³-hybridized carbons (Fsp3) is 0.650. The summed E-state index contributed by atoms with van der Waals surface area (Å²) in [4.78, 5) is 14.6. The number of phenols is 1. The molecule has 5 heteroatoms. The van der Waals surface area contributed by atoms with Gasteiger partial charge in [0.25, 0.3) is 0 Å². The molecule has 1 saturated heterocycles. The van der Waals surface area contributed by atoms with Crippen LogP contribution in [0.25, 0.3) is 0 Å². The van der Waals surface area contributed by atoms with Crippen molar-refractivity contribution >= 4 is 5.91 Å². The van der Waals surface area contributed by atoms with Gasteiger partial charge in [-0.1, -0.05) is 25.0 Å². The second kappa shape index (κ2) is 8.68. The summed E-state index contributed by atoms with van der Waals surface area (Å²) >= 11 is 0. The van der Waals surface area contributed by atoms with Crippen molar-refractivity contribution in [3.63, 3.8) is 0 Å². The average Bonchev–Trinajstić information content (AvgIpc) is 2.62. The van der Waals surface area contributed by atoms with Crippen molar-refractivity contribution in [3.8, 4) is 5.75 Å². The van der Waals surface area contributed by atoms with Gasteiger partial charge in [0.05, 0.1) is 6.10 Å². The third-order valence-electron chi connectivity index (χ3n) is 5.63. The van der Waals surface area contributed by atoms with Gasteiger partial charge in [-0.05, 0) is 49.8 Å². The van der Waals surface area contributed by atoms with Crippen LogP contribution in [0.3, 0.4) is 0 Å². The molecular weight excluding hydrogens is 316 g/mol. The zero-order chi connectivity index (χ0) is 17.6. The fourth-order valence-corrected chi connectivity index (χ4v) is 4.11. The van der Waals surface area contributed by atoms with Crippen LogP contribution >= 0.6 is 0 Å². The van der Waals surface area contributed by atoms with Gasteiger partial charge in [0.15, 0.2) is 0 Å². The van der Waals surface area contributed by atoms with Gasteiger partial charge in [-0.2, -0.15) is 0 Å². The number of carbonyl (C=O) groups is 1. The van der Waals surface area contributed by atoms with Crippen LogP contribution in [0.1, 0.15) is 50.5 Å². The highest BCUT2D eigenvalue weighted by molar-refractivity contribution is 5.76. The lowest BCUT2D eigenvalue weighted by Crippen LogP contribution is -2.52. The number of carbonyl (C=O) groups excluding carboxylic acids is 1. The summed E-state index contributed by atoms with van der Waals surface area (Å²) in [5.74, 6) is 0.354. The molecule has 0 bridgehead atoms. The van der Waals surface area contributed by atoms with Crippen molar-refractivity contribution in [1.82, 2.24) is 10.2 Å². The predicted octanol–water partition coefficient (Wildman–Crippen LogP) is 2.21. The summed E-state index contributed by atoms with van der Waals surface area (Å²) in [5, 5.41) is 22.6. The number of aryl methyl sites for hydroxylation is 1. The van der Waals surface area contributed by atoms with Crippen LogP contribution in [0.15, 0.2) is 24.3 Å². The molecule has 1 aliphatic heterocycles. The Kier molecular flexibility index (Phi) is 6.32. The van der Waals surface area contributed by atoms with E-state index in [1.807, 2.05) is 12.1 Å². The maximum atomic E-state index is 12.2. The van der Waals surface area contributed by atoms with E-state index in [0.29, 0.717) is 18.9 Å². The minimum Gasteiger partial charge on any atom is -0.508 e. The third-order valence-corrected chi connectivity index (χ3v) is 5.63. The standard InChI is InChI=1S/C20H30N2O3/c23-17-8-5-15(6-9-17)7-10-20(25)21-16-11-13-22(14-12-16)18-3-1-2-4-19(18)24/h5-6,8-9,16,18-19,23-24H,1-4,7,10-14H2,(H,21,25)/t18-,19+/m1/s1. The van der Waals surface area contributed by atoms with Crippen molar-refractivity contribution in [2.45, 2.75) is 69.6 Å². The maximum absolute atomic E-state index is 12.2. The van der Waals surface area contributed by atoms with Crippen LogP contribution in [0.2, 0.25) is 0 Å². The Morgan fingerprint density at radius 3 is 2.44 bits per heavy atom. The first-order chi connectivity index (χ1) is 12.1. The lowest BCUT2D eigenvalue weighted by atomic mass is 9.89. The number of likely N-dealkylation sites (tertiary alicyclic amines) is 1. The van der Waals surface area contributed by atoms with Crippen LogP contribution in [0.5, 0.6) is 5.75 Å². The number of benzene rings is 1. The molecule has 138 valence electrons. The van der Waals surface area contributed by atoms with Gasteiger partial charge >= 0.3 is 0 Å². The summed E-state index contributed by atoms with van der Waals surface area (Å²) in [7, 11) is 0. The van der Waals surface area contributed by atoms with E-state index >= 15 is 0 Å². The molecule has 1 aromatic carbocycles. The van der Waals surface area contributed by atoms with E-state index < -0.39 is 0 Å². The normalized spacial score (nSPS) is 25.6. The number of nitrogens with one attached hydrogen (secondary N) is 1. The molecule has 0 aromatic heterocycles. The van der Waals surface area contributed by atoms with Crippen LogP contribution in [-0.4, -0.2) is 52.3 Å². The van der Waals surface area contributed by atoms with E-state index in [4.69, 9.17) is 0 Å². The molecular formula is C20H30N2O3. The van der Waals surface area contributed by atoms with Crippen LogP contribution in [0, 0.1) is 0 Å². The maximum Gasteiger partial charge on any atom is 0.220 e. The second-order valence-electron chi connectivity index (χ2n) is 7.46. The number of hydrogen-bond acceptors (Lipinski definition) is 4. The topological polar surface area (TPSA) is 72.8 Å². The van der Waals surface area contributed by atoms with Crippen LogP contribution < -0.4 is 5.32 Å². The van der Waals surface area contributed by atoms with Crippen LogP contribution in [0.4, 0.5) is 0 Å². The fourth-order valence-electron chi connectivity index (χ4n) is 4.11. The monoisotopic (exact) mass is 346 g/mol. The van der Waals surface area contributed by atoms with Crippen molar-refractivity contribution in [3.05, 3.63) is 29.8 Å². The van der Waals surface area contributed by atoms with Crippen molar-refractivity contribution in [2.75, 3.05) is 13.1 Å². The highest BCUT2D eigenvalue weighted by atomic mass is 16.3. The summed E-state index contributed by atoms with van der Waals surface area (Å²) in [5.41, 5.74) is 1.06. The Bertz CT molecular complexity index is 553. The molecule has 0 radical (unpaired) electrons. The molecule has 1 heterocycles. The van der Waals surface area contributed by atoms with Gasteiger partial charge in [0.2, 0.25) is 5.91 Å². The van der Waals surface area contributed by atoms with E-state index in [-0.39, 0.29) is 23.8 Å². The lowest BCUT2D eigenvalue weighted by molar-refractivity contribution is -0.122. The van der Waals surface area contributed by atoms with E-state index in [0.717, 1.165) is 50.8 Å². The SMILES string of the molecule is O=C(CCc1ccc(O)cc1)NC1CCN([C@@H]2CCCC[C@@H]2O)CC1. The highest BCUT2D eigenvalue weighted by Gasteiger charge is 2.31. The largest absolute Gasteiger partial charge is 0.508 e. The van der Waals surface area contributed by atoms with Crippen molar-refractivity contribution in [1.29, 1.82) is 0 Å². The summed E-state index contributed by atoms with van der Waals surface area (Å²) in [6, 6.07) is 7.60. The molecule has 25 heavy (non-hydrogen) atoms. The van der Waals surface area contributed by atoms with Gasteiger partial charge in [0, 0.05) is 31.6 Å². The molecule has 1 saturated carbocycles. The Labute approximate surface area is 150 Å². The number of phenolic OH excluding ortho intramolecular Hbond substituents is 1. The minimum atomic E-state index is -0.176. The number of aliphatic hydroxyl groups excluding tert-OH is 1. The van der Waals surface area contributed by atoms with Crippen molar-refractivity contribution in [2.24, 2.45) is 0 Å². The molecule has 1 aliphatic carbocycles. The molecule has 0 spiro atoms. The molecule has 2 aliphatic rings. The molecule has 2 fully saturated rings. The molecule has 0 unspecified atom stereocenters. The number of rotatable bonds is 5. The second-order valence-corrected chi connectivity index (χ2v) is 7.46. The number of amides is 1. The molecule has 3 N–H and O–H groups in total. The minimum absolute atomic E-state index is 0.101. The lowest BCUT2D eigenvalue weighted by Gasteiger charge is -2.41. The van der Waals surface area contributed by atoms with E-state index in [1.165, 1.54) is 6.42 Å². The first-order valence-corrected chi connectivity index (χ1v) is 9.61. The van der Waals surface area contributed by atoms with Crippen molar-refractivity contribution < 1.29 is 15.0 Å². The van der Waals surface area contributed by atoms with E-state index in [2.05, 4.69) is 10.2 Å². The van der Waals surface area contributed by atoms with Gasteiger partial charge in [0.1, 0.15) is 5.75 Å². The Morgan fingerprint density at radius 1 is 1.08 bits per heavy atom. The van der Waals surface area contributed by atoms with E-state index in [9.17, 15) is 15.0 Å². The predicted molar refractivity (Wildman–Crippen MR) is 97.4 cm³/mol. The van der Waals surface area contributed by atoms with Gasteiger partial charge < -0.3 is 15.5 Å². The first-order valence-electron chi connectivity index (χ1n) is 9.61. The molecule has 1 aromatic rings. The van der Waals surface area contributed by atoms with Gasteiger partial charge in [-0.3, -0.25) is 9.69 Å². The zero-order valence-electron chi connectivity index (χ0n) is 14.9. The van der Waals surface area contributed by atoms with Gasteiger partial charge in [-0.15, -0.1) is 0 Å². The number of nitrogens with zero attached hydrogens (tertiary/aromatic N) is 1. The van der Waals surface area contributed by atoms with Crippen LogP contribution in [-0.2, 0) is 11.2 Å². The average molecular weight is 346 g/mol. The quantitative estimate of drug-likeness (QED) is 0.764. The van der Waals surface area contributed by atoms with Gasteiger partial charge in [-0.25, -0.2) is 0 Å². The highest BCUT2D eigenvalue weighted by Crippen LogP contribution is 2.26. The Balaban J connectivity index is 1.38. The number of aliphatic hydroxyl groups is 1. The number of hydrogen-bond donors (Lipinski definition) is 3. The first kappa shape index (κ1) is 18.2. The molecule has 2 atom stereocenters. The molecule has 1 amide bonds. The smallest absolute Gasteiger partial charge is 0.220 e. The molecule has 3 rings (SSSR count). The number of piperidine rings is 1. The summed E-state index contributed by atoms with van der Waals surface area (Å²) in [6.45, 7) is 1.93. The summed E-state index contributed by atoms with van der Waals surface area (Å²) < 4.78 is 0. The number of aromatic hydroxyl groups is 1. The van der Waals surface area contributed by atoms with E-state index in [1.54, 1.807) is 12.1 Å². The Hall–Kier alpha value is -1.59. The zero-order valence-corrected chi connectivity index (χ0v) is 14.9. The molecule has 5 nitrogen and oxygen atoms in total.